The lowest BCUT2D eigenvalue weighted by Crippen LogP contribution is -2.37. The second-order valence-corrected chi connectivity index (χ2v) is 6.27. The molecule has 138 valence electrons. The van der Waals surface area contributed by atoms with Gasteiger partial charge in [-0.2, -0.15) is 4.73 Å². The number of halogens is 2. The number of hydrogen-bond donors (Lipinski definition) is 1. The van der Waals surface area contributed by atoms with Crippen LogP contribution in [0.4, 0.5) is 5.69 Å². The summed E-state index contributed by atoms with van der Waals surface area (Å²) in [4.78, 5) is 16.3. The van der Waals surface area contributed by atoms with Gasteiger partial charge in [0.05, 0.1) is 42.1 Å². The molecule has 1 N–H and O–H groups in total. The van der Waals surface area contributed by atoms with E-state index in [-0.39, 0.29) is 39.0 Å². The van der Waals surface area contributed by atoms with E-state index < -0.39 is 5.91 Å². The Kier molecular flexibility index (Phi) is 5.65. The van der Waals surface area contributed by atoms with Gasteiger partial charge in [-0.1, -0.05) is 23.2 Å². The van der Waals surface area contributed by atoms with Crippen LogP contribution in [-0.4, -0.2) is 37.3 Å². The molecule has 0 spiro atoms. The van der Waals surface area contributed by atoms with Crippen molar-refractivity contribution in [3.8, 4) is 11.5 Å². The maximum Gasteiger partial charge on any atom is 0.322 e. The first-order valence-electron chi connectivity index (χ1n) is 7.65. The summed E-state index contributed by atoms with van der Waals surface area (Å²) in [5.74, 6) is -0.222. The fourth-order valence-corrected chi connectivity index (χ4v) is 2.86. The summed E-state index contributed by atoms with van der Waals surface area (Å²) in [5.41, 5.74) is -0.0422. The first kappa shape index (κ1) is 18.5. The van der Waals surface area contributed by atoms with Crippen LogP contribution in [0.15, 0.2) is 24.7 Å². The molecule has 2 aromatic rings. The van der Waals surface area contributed by atoms with E-state index in [4.69, 9.17) is 37.4 Å². The standard InChI is InChI=1S/C16H15Cl2N3O5/c1-24-14-7-21(23)12(4-13(14)26-9-2-3-25-8-9)16(22)20-15-10(17)5-19-6-11(15)18/h4-7,9H,2-3,8H2,1H3,(H,19,20,22). The highest BCUT2D eigenvalue weighted by Crippen LogP contribution is 2.31. The smallest absolute Gasteiger partial charge is 0.322 e. The Hall–Kier alpha value is -2.29. The molecular weight excluding hydrogens is 385 g/mol. The third-order valence-electron chi connectivity index (χ3n) is 3.71. The molecule has 0 saturated carbocycles. The molecule has 1 amide bonds. The molecule has 1 aliphatic heterocycles. The van der Waals surface area contributed by atoms with E-state index in [9.17, 15) is 10.0 Å². The molecule has 26 heavy (non-hydrogen) atoms. The van der Waals surface area contributed by atoms with Crippen LogP contribution in [0.5, 0.6) is 11.5 Å². The third-order valence-corrected chi connectivity index (χ3v) is 4.28. The Balaban J connectivity index is 1.89. The Morgan fingerprint density at radius 1 is 1.38 bits per heavy atom. The number of aromatic nitrogens is 2. The quantitative estimate of drug-likeness (QED) is 0.612. The van der Waals surface area contributed by atoms with Crippen molar-refractivity contribution in [2.24, 2.45) is 0 Å². The molecule has 0 radical (unpaired) electrons. The summed E-state index contributed by atoms with van der Waals surface area (Å²) < 4.78 is 16.6. The van der Waals surface area contributed by atoms with Crippen molar-refractivity contribution in [3.05, 3.63) is 45.6 Å². The zero-order chi connectivity index (χ0) is 18.7. The summed E-state index contributed by atoms with van der Waals surface area (Å²) >= 11 is 12.0. The molecule has 1 fully saturated rings. The number of methoxy groups -OCH3 is 1. The number of carbonyl (C=O) groups is 1. The normalized spacial score (nSPS) is 16.3. The predicted octanol–water partition coefficient (Wildman–Crippen LogP) is 2.45. The molecule has 10 heteroatoms. The van der Waals surface area contributed by atoms with Gasteiger partial charge in [-0.25, -0.2) is 0 Å². The molecule has 1 saturated heterocycles. The minimum atomic E-state index is -0.704. The number of ether oxygens (including phenoxy) is 3. The van der Waals surface area contributed by atoms with Crippen LogP contribution in [0, 0.1) is 5.21 Å². The van der Waals surface area contributed by atoms with Crippen molar-refractivity contribution < 1.29 is 23.7 Å². The highest BCUT2D eigenvalue weighted by molar-refractivity contribution is 6.39. The SMILES string of the molecule is COc1c[n+]([O-])c(C(=O)Nc2c(Cl)cncc2Cl)cc1OC1CCOC1. The Morgan fingerprint density at radius 2 is 2.12 bits per heavy atom. The Bertz CT molecular complexity index is 808. The number of hydrogen-bond acceptors (Lipinski definition) is 6. The third kappa shape index (κ3) is 3.92. The van der Waals surface area contributed by atoms with E-state index in [0.29, 0.717) is 24.4 Å². The number of amides is 1. The van der Waals surface area contributed by atoms with Gasteiger partial charge in [0, 0.05) is 18.8 Å². The molecule has 0 aliphatic carbocycles. The molecule has 2 aromatic heterocycles. The van der Waals surface area contributed by atoms with Crippen molar-refractivity contribution >= 4 is 34.8 Å². The molecule has 0 bridgehead atoms. The van der Waals surface area contributed by atoms with Crippen molar-refractivity contribution in [2.45, 2.75) is 12.5 Å². The van der Waals surface area contributed by atoms with Gasteiger partial charge in [-0.15, -0.1) is 0 Å². The summed E-state index contributed by atoms with van der Waals surface area (Å²) in [6.07, 6.45) is 4.31. The fraction of sp³-hybridized carbons (Fsp3) is 0.312. The van der Waals surface area contributed by atoms with Gasteiger partial charge in [0.15, 0.2) is 5.75 Å². The molecule has 3 heterocycles. The van der Waals surface area contributed by atoms with E-state index in [1.807, 2.05) is 0 Å². The van der Waals surface area contributed by atoms with Crippen LogP contribution < -0.4 is 19.5 Å². The highest BCUT2D eigenvalue weighted by atomic mass is 35.5. The van der Waals surface area contributed by atoms with Crippen LogP contribution >= 0.6 is 23.2 Å². The minimum Gasteiger partial charge on any atom is -0.618 e. The topological polar surface area (TPSA) is 96.6 Å². The van der Waals surface area contributed by atoms with Crippen LogP contribution in [-0.2, 0) is 4.74 Å². The fourth-order valence-electron chi connectivity index (χ4n) is 2.40. The predicted molar refractivity (Wildman–Crippen MR) is 94.0 cm³/mol. The number of rotatable bonds is 5. The zero-order valence-electron chi connectivity index (χ0n) is 13.7. The van der Waals surface area contributed by atoms with Crippen LogP contribution in [0.25, 0.3) is 0 Å². The van der Waals surface area contributed by atoms with E-state index in [1.165, 1.54) is 25.6 Å². The maximum atomic E-state index is 12.5. The summed E-state index contributed by atoms with van der Waals surface area (Å²) in [6, 6.07) is 1.31. The number of nitrogens with one attached hydrogen (secondary N) is 1. The molecule has 1 unspecified atom stereocenters. The van der Waals surface area contributed by atoms with Crippen molar-refractivity contribution in [2.75, 3.05) is 25.6 Å². The molecule has 1 aliphatic rings. The van der Waals surface area contributed by atoms with Gasteiger partial charge in [-0.3, -0.25) is 9.78 Å². The minimum absolute atomic E-state index is 0.149. The van der Waals surface area contributed by atoms with E-state index >= 15 is 0 Å². The van der Waals surface area contributed by atoms with Crippen molar-refractivity contribution in [3.63, 3.8) is 0 Å². The highest BCUT2D eigenvalue weighted by Gasteiger charge is 2.26. The molecule has 8 nitrogen and oxygen atoms in total. The lowest BCUT2D eigenvalue weighted by atomic mass is 10.2. The number of anilines is 1. The monoisotopic (exact) mass is 399 g/mol. The zero-order valence-corrected chi connectivity index (χ0v) is 15.2. The van der Waals surface area contributed by atoms with Gasteiger partial charge in [-0.05, 0) is 0 Å². The van der Waals surface area contributed by atoms with Gasteiger partial charge >= 0.3 is 5.91 Å². The molecule has 1 atom stereocenters. The molecule has 3 rings (SSSR count). The van der Waals surface area contributed by atoms with Crippen molar-refractivity contribution in [1.29, 1.82) is 0 Å². The maximum absolute atomic E-state index is 12.5. The Morgan fingerprint density at radius 3 is 2.73 bits per heavy atom. The summed E-state index contributed by atoms with van der Waals surface area (Å²) in [6.45, 7) is 1.02. The van der Waals surface area contributed by atoms with E-state index in [2.05, 4.69) is 10.3 Å². The second kappa shape index (κ2) is 7.94. The second-order valence-electron chi connectivity index (χ2n) is 5.45. The number of pyridine rings is 2. The van der Waals surface area contributed by atoms with Crippen LogP contribution in [0.3, 0.4) is 0 Å². The average molecular weight is 400 g/mol. The average Bonchev–Trinajstić information content (AvgIpc) is 3.12. The van der Waals surface area contributed by atoms with Gasteiger partial charge in [0.25, 0.3) is 5.69 Å². The van der Waals surface area contributed by atoms with Gasteiger partial charge in [0.2, 0.25) is 11.9 Å². The lowest BCUT2D eigenvalue weighted by Gasteiger charge is -2.16. The first-order valence-corrected chi connectivity index (χ1v) is 8.41. The Labute approximate surface area is 159 Å². The lowest BCUT2D eigenvalue weighted by molar-refractivity contribution is -0.608. The number of carbonyl (C=O) groups excluding carboxylic acids is 1. The summed E-state index contributed by atoms with van der Waals surface area (Å²) in [7, 11) is 1.41. The van der Waals surface area contributed by atoms with Gasteiger partial charge < -0.3 is 24.7 Å². The first-order chi connectivity index (χ1) is 12.5. The largest absolute Gasteiger partial charge is 0.618 e. The van der Waals surface area contributed by atoms with E-state index in [1.54, 1.807) is 0 Å². The number of nitrogens with zero attached hydrogens (tertiary/aromatic N) is 2. The van der Waals surface area contributed by atoms with Gasteiger partial charge in [0.1, 0.15) is 6.10 Å². The van der Waals surface area contributed by atoms with Crippen LogP contribution in [0.2, 0.25) is 10.0 Å². The summed E-state index contributed by atoms with van der Waals surface area (Å²) in [5, 5.41) is 15.0. The van der Waals surface area contributed by atoms with Crippen LogP contribution in [0.1, 0.15) is 16.9 Å². The molecule has 0 aromatic carbocycles. The van der Waals surface area contributed by atoms with Crippen molar-refractivity contribution in [1.82, 2.24) is 4.98 Å². The molecular formula is C16H15Cl2N3O5. The van der Waals surface area contributed by atoms with E-state index in [0.717, 1.165) is 6.20 Å².